The zero-order valence-corrected chi connectivity index (χ0v) is 14.5. The molecule has 0 bridgehead atoms. The minimum Gasteiger partial charge on any atom is -0.434 e. The molecule has 2 rings (SSSR count). The summed E-state index contributed by atoms with van der Waals surface area (Å²) in [7, 11) is 0. The summed E-state index contributed by atoms with van der Waals surface area (Å²) in [4.78, 5) is 0. The predicted molar refractivity (Wildman–Crippen MR) is 85.4 cm³/mol. The SMILES string of the molecule is CC(C)c1cc(Oc2c(Cl)cc(Br)cc2Cl)nnc1Cl. The van der Waals surface area contributed by atoms with Gasteiger partial charge in [0.2, 0.25) is 5.88 Å². The van der Waals surface area contributed by atoms with Crippen molar-refractivity contribution in [1.29, 1.82) is 0 Å². The summed E-state index contributed by atoms with van der Waals surface area (Å²) in [6.07, 6.45) is 0. The summed E-state index contributed by atoms with van der Waals surface area (Å²) >= 11 is 21.5. The Hall–Kier alpha value is -0.550. The molecule has 1 aromatic heterocycles. The van der Waals surface area contributed by atoms with Crippen LogP contribution in [-0.4, -0.2) is 10.2 Å². The lowest BCUT2D eigenvalue weighted by Crippen LogP contribution is -1.98. The Morgan fingerprint density at radius 1 is 1.05 bits per heavy atom. The monoisotopic (exact) mass is 394 g/mol. The molecule has 3 nitrogen and oxygen atoms in total. The molecule has 0 N–H and O–H groups in total. The molecule has 2 aromatic rings. The number of hydrogen-bond acceptors (Lipinski definition) is 3. The van der Waals surface area contributed by atoms with Crippen LogP contribution in [-0.2, 0) is 0 Å². The molecular weight excluding hydrogens is 386 g/mol. The molecule has 0 unspecified atom stereocenters. The number of aromatic nitrogens is 2. The number of rotatable bonds is 3. The molecule has 7 heteroatoms. The van der Waals surface area contributed by atoms with Crippen LogP contribution < -0.4 is 4.74 Å². The van der Waals surface area contributed by atoms with E-state index in [2.05, 4.69) is 26.1 Å². The van der Waals surface area contributed by atoms with Crippen molar-refractivity contribution in [1.82, 2.24) is 10.2 Å². The Kier molecular flexibility index (Phi) is 5.13. The van der Waals surface area contributed by atoms with Gasteiger partial charge in [-0.25, -0.2) is 0 Å². The maximum Gasteiger partial charge on any atom is 0.239 e. The summed E-state index contributed by atoms with van der Waals surface area (Å²) in [6, 6.07) is 5.11. The smallest absolute Gasteiger partial charge is 0.239 e. The van der Waals surface area contributed by atoms with Gasteiger partial charge >= 0.3 is 0 Å². The van der Waals surface area contributed by atoms with Crippen molar-refractivity contribution >= 4 is 50.7 Å². The molecule has 1 heterocycles. The molecule has 0 atom stereocenters. The van der Waals surface area contributed by atoms with Gasteiger partial charge in [-0.2, -0.15) is 0 Å². The van der Waals surface area contributed by atoms with Gasteiger partial charge in [-0.1, -0.05) is 64.6 Å². The molecule has 0 aliphatic carbocycles. The largest absolute Gasteiger partial charge is 0.434 e. The van der Waals surface area contributed by atoms with Crippen molar-refractivity contribution in [3.8, 4) is 11.6 Å². The van der Waals surface area contributed by atoms with Crippen molar-refractivity contribution < 1.29 is 4.74 Å². The molecule has 106 valence electrons. The summed E-state index contributed by atoms with van der Waals surface area (Å²) in [5.41, 5.74) is 0.848. The van der Waals surface area contributed by atoms with Gasteiger partial charge in [0.05, 0.1) is 10.0 Å². The molecule has 20 heavy (non-hydrogen) atoms. The van der Waals surface area contributed by atoms with Gasteiger partial charge in [0.25, 0.3) is 0 Å². The van der Waals surface area contributed by atoms with Crippen LogP contribution in [0.1, 0.15) is 25.3 Å². The van der Waals surface area contributed by atoms with Gasteiger partial charge in [0.1, 0.15) is 0 Å². The minimum absolute atomic E-state index is 0.205. The highest BCUT2D eigenvalue weighted by Crippen LogP contribution is 2.38. The lowest BCUT2D eigenvalue weighted by molar-refractivity contribution is 0.454. The van der Waals surface area contributed by atoms with E-state index < -0.39 is 0 Å². The van der Waals surface area contributed by atoms with Crippen molar-refractivity contribution in [2.24, 2.45) is 0 Å². The van der Waals surface area contributed by atoms with Crippen LogP contribution in [0.2, 0.25) is 15.2 Å². The average Bonchev–Trinajstić information content (AvgIpc) is 2.35. The second-order valence-electron chi connectivity index (χ2n) is 4.38. The van der Waals surface area contributed by atoms with Crippen molar-refractivity contribution in [3.63, 3.8) is 0 Å². The second-order valence-corrected chi connectivity index (χ2v) is 6.47. The summed E-state index contributed by atoms with van der Waals surface area (Å²) in [5.74, 6) is 0.836. The fourth-order valence-corrected chi connectivity index (χ4v) is 3.15. The molecular formula is C13H10BrCl3N2O. The highest BCUT2D eigenvalue weighted by molar-refractivity contribution is 9.10. The van der Waals surface area contributed by atoms with Crippen molar-refractivity contribution in [2.75, 3.05) is 0 Å². The standard InChI is InChI=1S/C13H10BrCl3N2O/c1-6(2)8-5-11(18-19-13(8)17)20-12-9(15)3-7(14)4-10(12)16/h3-6H,1-2H3. The van der Waals surface area contributed by atoms with Crippen molar-refractivity contribution in [3.05, 3.63) is 43.4 Å². The summed E-state index contributed by atoms with van der Waals surface area (Å²) in [5, 5.41) is 8.88. The first kappa shape index (κ1) is 15.8. The maximum absolute atomic E-state index is 6.10. The van der Waals surface area contributed by atoms with Gasteiger partial charge in [0, 0.05) is 10.5 Å². The summed E-state index contributed by atoms with van der Waals surface area (Å²) < 4.78 is 6.39. The Labute approximate surface area is 140 Å². The fourth-order valence-electron chi connectivity index (χ4n) is 1.56. The third-order valence-corrected chi connectivity index (χ3v) is 3.86. The number of benzene rings is 1. The molecule has 0 spiro atoms. The average molecular weight is 396 g/mol. The van der Waals surface area contributed by atoms with Crippen molar-refractivity contribution in [2.45, 2.75) is 19.8 Å². The third-order valence-electron chi connectivity index (χ3n) is 2.55. The topological polar surface area (TPSA) is 35.0 Å². The lowest BCUT2D eigenvalue weighted by atomic mass is 10.1. The van der Waals surface area contributed by atoms with Crippen LogP contribution in [0.4, 0.5) is 0 Å². The molecule has 0 aliphatic rings. The third kappa shape index (κ3) is 3.55. The Morgan fingerprint density at radius 3 is 2.20 bits per heavy atom. The van der Waals surface area contributed by atoms with Gasteiger partial charge in [-0.15, -0.1) is 10.2 Å². The van der Waals surface area contributed by atoms with Gasteiger partial charge < -0.3 is 4.74 Å². The molecule has 0 amide bonds. The Morgan fingerprint density at radius 2 is 1.65 bits per heavy atom. The lowest BCUT2D eigenvalue weighted by Gasteiger charge is -2.11. The van der Waals surface area contributed by atoms with Gasteiger partial charge in [-0.05, 0) is 23.6 Å². The fraction of sp³-hybridized carbons (Fsp3) is 0.231. The highest BCUT2D eigenvalue weighted by atomic mass is 79.9. The molecule has 1 aromatic carbocycles. The Balaban J connectivity index is 2.38. The maximum atomic E-state index is 6.10. The highest BCUT2D eigenvalue weighted by Gasteiger charge is 2.14. The first-order valence-corrected chi connectivity index (χ1v) is 7.66. The normalized spacial score (nSPS) is 10.9. The number of halogens is 4. The van der Waals surface area contributed by atoms with E-state index in [0.29, 0.717) is 26.8 Å². The zero-order valence-electron chi connectivity index (χ0n) is 10.6. The van der Waals surface area contributed by atoms with E-state index in [9.17, 15) is 0 Å². The van der Waals surface area contributed by atoms with E-state index >= 15 is 0 Å². The first-order valence-electron chi connectivity index (χ1n) is 5.74. The van der Waals surface area contributed by atoms with Crippen LogP contribution in [0.15, 0.2) is 22.7 Å². The van der Waals surface area contributed by atoms with E-state index in [1.165, 1.54) is 0 Å². The van der Waals surface area contributed by atoms with E-state index in [1.807, 2.05) is 13.8 Å². The zero-order chi connectivity index (χ0) is 14.9. The van der Waals surface area contributed by atoms with Crippen LogP contribution in [0.3, 0.4) is 0 Å². The van der Waals surface area contributed by atoms with Gasteiger partial charge in [0.15, 0.2) is 10.9 Å². The van der Waals surface area contributed by atoms with Crippen LogP contribution >= 0.6 is 50.7 Å². The van der Waals surface area contributed by atoms with E-state index in [1.54, 1.807) is 18.2 Å². The van der Waals surface area contributed by atoms with E-state index in [4.69, 9.17) is 39.5 Å². The van der Waals surface area contributed by atoms with Gasteiger partial charge in [-0.3, -0.25) is 0 Å². The second kappa shape index (κ2) is 6.48. The number of hydrogen-bond donors (Lipinski definition) is 0. The predicted octanol–water partition coefficient (Wildman–Crippen LogP) is 6.12. The number of ether oxygens (including phenoxy) is 1. The quantitative estimate of drug-likeness (QED) is 0.627. The van der Waals surface area contributed by atoms with E-state index in [0.717, 1.165) is 10.0 Å². The van der Waals surface area contributed by atoms with Crippen LogP contribution in [0.5, 0.6) is 11.6 Å². The molecule has 0 aliphatic heterocycles. The first-order chi connectivity index (χ1) is 9.38. The molecule has 0 saturated heterocycles. The molecule has 0 fully saturated rings. The van der Waals surface area contributed by atoms with Crippen LogP contribution in [0.25, 0.3) is 0 Å². The van der Waals surface area contributed by atoms with Crippen LogP contribution in [0, 0.1) is 0 Å². The number of nitrogens with zero attached hydrogens (tertiary/aromatic N) is 2. The summed E-state index contributed by atoms with van der Waals surface area (Å²) in [6.45, 7) is 4.01. The Bertz CT molecular complexity index is 627. The minimum atomic E-state index is 0.205. The molecule has 0 radical (unpaired) electrons. The van der Waals surface area contributed by atoms with E-state index in [-0.39, 0.29) is 5.92 Å². The molecule has 0 saturated carbocycles.